The van der Waals surface area contributed by atoms with Crippen molar-refractivity contribution in [2.24, 2.45) is 12.8 Å². The van der Waals surface area contributed by atoms with Crippen LogP contribution in [0.25, 0.3) is 0 Å². The van der Waals surface area contributed by atoms with Gasteiger partial charge in [-0.2, -0.15) is 0 Å². The summed E-state index contributed by atoms with van der Waals surface area (Å²) < 4.78 is 1.45. The van der Waals surface area contributed by atoms with Crippen LogP contribution >= 0.6 is 0 Å². The predicted molar refractivity (Wildman–Crippen MR) is 51.7 cm³/mol. The van der Waals surface area contributed by atoms with Crippen molar-refractivity contribution in [3.05, 3.63) is 22.2 Å². The van der Waals surface area contributed by atoms with Gasteiger partial charge in [-0.1, -0.05) is 0 Å². The first-order chi connectivity index (χ1) is 6.06. The molecule has 0 unspecified atom stereocenters. The van der Waals surface area contributed by atoms with Gasteiger partial charge in [0, 0.05) is 27.2 Å². The first-order valence-electron chi connectivity index (χ1n) is 4.00. The molecular weight excluding hydrogens is 168 g/mol. The molecule has 5 heteroatoms. The van der Waals surface area contributed by atoms with Crippen LogP contribution in [0.2, 0.25) is 0 Å². The molecule has 1 aromatic rings. The fraction of sp³-hybridized carbons (Fsp3) is 0.500. The van der Waals surface area contributed by atoms with Gasteiger partial charge in [-0.25, -0.2) is 4.98 Å². The minimum Gasteiger partial charge on any atom is -0.363 e. The maximum absolute atomic E-state index is 11.4. The number of hydrogen-bond acceptors (Lipinski definition) is 4. The summed E-state index contributed by atoms with van der Waals surface area (Å²) in [7, 11) is 5.33. The van der Waals surface area contributed by atoms with Crippen molar-refractivity contribution >= 4 is 5.82 Å². The summed E-state index contributed by atoms with van der Waals surface area (Å²) in [5, 5.41) is 0. The fourth-order valence-corrected chi connectivity index (χ4v) is 0.986. The van der Waals surface area contributed by atoms with Gasteiger partial charge in [0.05, 0.1) is 6.54 Å². The van der Waals surface area contributed by atoms with Crippen LogP contribution in [0.4, 0.5) is 5.82 Å². The average molecular weight is 182 g/mol. The van der Waals surface area contributed by atoms with Gasteiger partial charge in [0.2, 0.25) is 0 Å². The normalized spacial score (nSPS) is 10.2. The number of aromatic nitrogens is 2. The SMILES string of the molecule is CN(C)c1cc(=O)n(C)c(CN)n1. The Kier molecular flexibility index (Phi) is 2.67. The lowest BCUT2D eigenvalue weighted by molar-refractivity contribution is 0.723. The molecule has 0 amide bonds. The highest BCUT2D eigenvalue weighted by Crippen LogP contribution is 2.03. The summed E-state index contributed by atoms with van der Waals surface area (Å²) in [6.45, 7) is 0.271. The molecule has 0 bridgehead atoms. The average Bonchev–Trinajstić information content (AvgIpc) is 2.09. The fourth-order valence-electron chi connectivity index (χ4n) is 0.986. The summed E-state index contributed by atoms with van der Waals surface area (Å²) in [6, 6.07) is 1.49. The first kappa shape index (κ1) is 9.73. The smallest absolute Gasteiger partial charge is 0.255 e. The van der Waals surface area contributed by atoms with Gasteiger partial charge < -0.3 is 10.6 Å². The Labute approximate surface area is 76.8 Å². The molecule has 0 atom stereocenters. The summed E-state index contributed by atoms with van der Waals surface area (Å²) in [5.41, 5.74) is 5.36. The van der Waals surface area contributed by atoms with E-state index in [4.69, 9.17) is 5.73 Å². The zero-order valence-electron chi connectivity index (χ0n) is 8.11. The molecule has 0 fully saturated rings. The Morgan fingerprint density at radius 2 is 2.23 bits per heavy atom. The van der Waals surface area contributed by atoms with Gasteiger partial charge in [-0.05, 0) is 0 Å². The van der Waals surface area contributed by atoms with Crippen LogP contribution in [0, 0.1) is 0 Å². The maximum Gasteiger partial charge on any atom is 0.255 e. The largest absolute Gasteiger partial charge is 0.363 e. The van der Waals surface area contributed by atoms with Crippen molar-refractivity contribution in [1.82, 2.24) is 9.55 Å². The van der Waals surface area contributed by atoms with Crippen molar-refractivity contribution in [1.29, 1.82) is 0 Å². The van der Waals surface area contributed by atoms with Crippen LogP contribution in [0.5, 0.6) is 0 Å². The first-order valence-corrected chi connectivity index (χ1v) is 4.00. The molecule has 1 aromatic heterocycles. The third kappa shape index (κ3) is 1.86. The minimum absolute atomic E-state index is 0.0841. The lowest BCUT2D eigenvalue weighted by Gasteiger charge is -2.13. The molecule has 0 saturated carbocycles. The molecule has 0 aromatic carbocycles. The quantitative estimate of drug-likeness (QED) is 0.657. The molecule has 0 aliphatic rings. The molecule has 0 spiro atoms. The van der Waals surface area contributed by atoms with Crippen molar-refractivity contribution in [3.8, 4) is 0 Å². The molecule has 13 heavy (non-hydrogen) atoms. The zero-order chi connectivity index (χ0) is 10.0. The highest BCUT2D eigenvalue weighted by molar-refractivity contribution is 5.35. The van der Waals surface area contributed by atoms with Crippen molar-refractivity contribution in [3.63, 3.8) is 0 Å². The van der Waals surface area contributed by atoms with E-state index < -0.39 is 0 Å². The van der Waals surface area contributed by atoms with E-state index in [0.717, 1.165) is 0 Å². The maximum atomic E-state index is 11.4. The number of hydrogen-bond donors (Lipinski definition) is 1. The van der Waals surface area contributed by atoms with Gasteiger partial charge in [0.1, 0.15) is 11.6 Å². The van der Waals surface area contributed by atoms with Gasteiger partial charge in [0.25, 0.3) is 5.56 Å². The second-order valence-electron chi connectivity index (χ2n) is 3.03. The summed E-state index contributed by atoms with van der Waals surface area (Å²) in [4.78, 5) is 17.4. The van der Waals surface area contributed by atoms with Crippen LogP contribution in [0.3, 0.4) is 0 Å². The van der Waals surface area contributed by atoms with Crippen LogP contribution in [0.15, 0.2) is 10.9 Å². The zero-order valence-corrected chi connectivity index (χ0v) is 8.11. The highest BCUT2D eigenvalue weighted by atomic mass is 16.1. The van der Waals surface area contributed by atoms with Gasteiger partial charge in [0.15, 0.2) is 0 Å². The number of anilines is 1. The topological polar surface area (TPSA) is 64.2 Å². The Morgan fingerprint density at radius 3 is 2.69 bits per heavy atom. The molecule has 0 aliphatic carbocycles. The number of nitrogens with two attached hydrogens (primary N) is 1. The Bertz CT molecular complexity index is 356. The molecule has 0 aliphatic heterocycles. The minimum atomic E-state index is -0.0841. The van der Waals surface area contributed by atoms with Gasteiger partial charge >= 0.3 is 0 Å². The third-order valence-corrected chi connectivity index (χ3v) is 1.85. The summed E-state index contributed by atoms with van der Waals surface area (Å²) in [6.07, 6.45) is 0. The molecule has 2 N–H and O–H groups in total. The van der Waals surface area contributed by atoms with E-state index in [-0.39, 0.29) is 12.1 Å². The van der Waals surface area contributed by atoms with E-state index in [1.807, 2.05) is 14.1 Å². The van der Waals surface area contributed by atoms with Crippen LogP contribution in [0.1, 0.15) is 5.82 Å². The second kappa shape index (κ2) is 3.57. The monoisotopic (exact) mass is 182 g/mol. The number of nitrogens with zero attached hydrogens (tertiary/aromatic N) is 3. The van der Waals surface area contributed by atoms with Crippen LogP contribution < -0.4 is 16.2 Å². The van der Waals surface area contributed by atoms with Crippen molar-refractivity contribution in [2.75, 3.05) is 19.0 Å². The van der Waals surface area contributed by atoms with E-state index in [0.29, 0.717) is 11.6 Å². The lowest BCUT2D eigenvalue weighted by atomic mass is 10.4. The van der Waals surface area contributed by atoms with Crippen molar-refractivity contribution < 1.29 is 0 Å². The highest BCUT2D eigenvalue weighted by Gasteiger charge is 2.04. The van der Waals surface area contributed by atoms with Crippen molar-refractivity contribution in [2.45, 2.75) is 6.54 Å². The predicted octanol–water partition coefficient (Wildman–Crippen LogP) is -0.695. The lowest BCUT2D eigenvalue weighted by Crippen LogP contribution is -2.26. The summed E-state index contributed by atoms with van der Waals surface area (Å²) >= 11 is 0. The van der Waals surface area contributed by atoms with E-state index >= 15 is 0 Å². The van der Waals surface area contributed by atoms with E-state index in [1.165, 1.54) is 10.6 Å². The third-order valence-electron chi connectivity index (χ3n) is 1.85. The Morgan fingerprint density at radius 1 is 1.62 bits per heavy atom. The van der Waals surface area contributed by atoms with Crippen LogP contribution in [-0.2, 0) is 13.6 Å². The molecule has 72 valence electrons. The van der Waals surface area contributed by atoms with E-state index in [9.17, 15) is 4.79 Å². The van der Waals surface area contributed by atoms with E-state index in [1.54, 1.807) is 11.9 Å². The van der Waals surface area contributed by atoms with Crippen LogP contribution in [-0.4, -0.2) is 23.6 Å². The molecular formula is C8H14N4O. The molecule has 0 saturated heterocycles. The standard InChI is InChI=1S/C8H14N4O/c1-11(2)6-4-8(13)12(3)7(5-9)10-6/h4H,5,9H2,1-3H3. The second-order valence-corrected chi connectivity index (χ2v) is 3.03. The van der Waals surface area contributed by atoms with Gasteiger partial charge in [-0.3, -0.25) is 9.36 Å². The Hall–Kier alpha value is -1.36. The Balaban J connectivity index is 3.31. The van der Waals surface area contributed by atoms with E-state index in [2.05, 4.69) is 4.98 Å². The summed E-state index contributed by atoms with van der Waals surface area (Å²) in [5.74, 6) is 1.24. The molecule has 1 heterocycles. The number of rotatable bonds is 2. The molecule has 1 rings (SSSR count). The molecule has 0 radical (unpaired) electrons. The molecule has 5 nitrogen and oxygen atoms in total. The van der Waals surface area contributed by atoms with Gasteiger partial charge in [-0.15, -0.1) is 0 Å².